The summed E-state index contributed by atoms with van der Waals surface area (Å²) in [6.07, 6.45) is 22.1. The second kappa shape index (κ2) is 25.4. The maximum atomic E-state index is 3.05. The van der Waals surface area contributed by atoms with Crippen LogP contribution in [0, 0.1) is 0 Å². The van der Waals surface area contributed by atoms with Crippen LogP contribution < -0.4 is 0 Å². The Morgan fingerprint density at radius 1 is 0.304 bits per heavy atom. The molecule has 0 spiro atoms. The zero-order valence-electron chi connectivity index (χ0n) is 58.0. The van der Waals surface area contributed by atoms with Gasteiger partial charge in [-0.25, -0.2) is 0 Å². The molecule has 0 bridgehead atoms. The van der Waals surface area contributed by atoms with Crippen molar-refractivity contribution in [1.29, 1.82) is 0 Å². The molecule has 476 valence electrons. The second-order valence-electron chi connectivity index (χ2n) is 31.8. The summed E-state index contributed by atoms with van der Waals surface area (Å²) in [5, 5.41) is 0. The molecule has 4 unspecified atom stereocenters. The van der Waals surface area contributed by atoms with Crippen LogP contribution in [-0.2, 0) is 31.2 Å². The van der Waals surface area contributed by atoms with Gasteiger partial charge in [0.05, 0.1) is 0 Å². The molecule has 0 nitrogen and oxygen atoms in total. The quantitative estimate of drug-likeness (QED) is 0.0529. The van der Waals surface area contributed by atoms with Crippen molar-refractivity contribution in [2.24, 2.45) is 0 Å². The molecule has 0 aromatic heterocycles. The van der Waals surface area contributed by atoms with E-state index in [1.54, 1.807) is 107 Å². The molecule has 6 heteroatoms. The summed E-state index contributed by atoms with van der Waals surface area (Å²) in [6.45, 7) is 26.0. The molecule has 0 radical (unpaired) electrons. The summed E-state index contributed by atoms with van der Waals surface area (Å²) in [5.41, 5.74) is 32.0. The van der Waals surface area contributed by atoms with Crippen molar-refractivity contribution in [2.75, 3.05) is 0 Å². The molecule has 13 rings (SSSR count). The van der Waals surface area contributed by atoms with E-state index in [4.69, 9.17) is 0 Å². The number of hydrogen-bond donors (Lipinski definition) is 0. The Balaban J connectivity index is 1.12. The molecule has 8 aromatic rings. The first-order valence-electron chi connectivity index (χ1n) is 37.0. The molecule has 1 aliphatic heterocycles. The van der Waals surface area contributed by atoms with Gasteiger partial charge in [-0.2, -0.15) is 0 Å². The van der Waals surface area contributed by atoms with Gasteiger partial charge in [-0.3, -0.25) is 0 Å². The van der Waals surface area contributed by atoms with Crippen molar-refractivity contribution in [3.8, 4) is 44.5 Å². The van der Waals surface area contributed by atoms with E-state index in [1.807, 2.05) is 0 Å². The third-order valence-electron chi connectivity index (χ3n) is 29.1. The van der Waals surface area contributed by atoms with Crippen LogP contribution in [0.2, 0.25) is 53.8 Å². The zero-order chi connectivity index (χ0) is 64.0. The van der Waals surface area contributed by atoms with Gasteiger partial charge in [0.1, 0.15) is 0 Å². The van der Waals surface area contributed by atoms with E-state index in [0.29, 0.717) is 14.5 Å². The monoisotopic (exact) mass is 1430 g/mol. The van der Waals surface area contributed by atoms with E-state index in [0.717, 1.165) is 0 Å². The Labute approximate surface area is 555 Å². The Morgan fingerprint density at radius 2 is 0.522 bits per heavy atom. The first-order valence-corrected chi connectivity index (χ1v) is 77.2. The molecule has 0 amide bonds. The zero-order valence-corrected chi connectivity index (χ0v) is 68.0. The van der Waals surface area contributed by atoms with Crippen LogP contribution in [0.4, 0.5) is 0 Å². The van der Waals surface area contributed by atoms with Crippen LogP contribution in [0.3, 0.4) is 0 Å². The first-order chi connectivity index (χ1) is 44.8. The maximum absolute atomic E-state index is 5.23. The first kappa shape index (κ1) is 66.0. The molecule has 4 atom stereocenters. The molecule has 92 heavy (non-hydrogen) atoms. The van der Waals surface area contributed by atoms with Gasteiger partial charge in [0, 0.05) is 0 Å². The van der Waals surface area contributed by atoms with Crippen LogP contribution in [0.1, 0.15) is 166 Å². The van der Waals surface area contributed by atoms with Gasteiger partial charge in [-0.05, 0) is 0 Å². The van der Waals surface area contributed by atoms with E-state index in [2.05, 4.69) is 287 Å². The van der Waals surface area contributed by atoms with Crippen LogP contribution in [0.5, 0.6) is 0 Å². The van der Waals surface area contributed by atoms with Crippen molar-refractivity contribution in [1.82, 2.24) is 0 Å². The summed E-state index contributed by atoms with van der Waals surface area (Å²) in [6, 6.07) is 84.0. The Morgan fingerprint density at radius 3 is 0.717 bits per heavy atom. The normalized spacial score (nSPS) is 21.8. The fraction of sp³-hybridized carbons (Fsp3) is 0.349. The Hall–Kier alpha value is -4.65. The van der Waals surface area contributed by atoms with Crippen LogP contribution in [0.15, 0.2) is 216 Å². The van der Waals surface area contributed by atoms with Gasteiger partial charge in [-0.15, -0.1) is 0 Å². The van der Waals surface area contributed by atoms with Crippen molar-refractivity contribution < 1.29 is 31.2 Å². The number of allylic oxidation sites excluding steroid dienone is 4. The van der Waals surface area contributed by atoms with Gasteiger partial charge < -0.3 is 0 Å². The third-order valence-corrected chi connectivity index (χ3v) is 238. The summed E-state index contributed by atoms with van der Waals surface area (Å²) < 4.78 is 8.53. The van der Waals surface area contributed by atoms with Gasteiger partial charge in [-0.1, -0.05) is 0 Å². The van der Waals surface area contributed by atoms with Gasteiger partial charge >= 0.3 is 561 Å². The molecule has 1 heterocycles. The average Bonchev–Trinajstić information content (AvgIpc) is 1.18. The van der Waals surface area contributed by atoms with Crippen LogP contribution in [0.25, 0.3) is 68.8 Å². The van der Waals surface area contributed by atoms with Crippen LogP contribution in [-0.4, -0.2) is 25.1 Å². The van der Waals surface area contributed by atoms with E-state index >= 15 is 0 Å². The number of rotatable bonds is 24. The third kappa shape index (κ3) is 9.31. The predicted octanol–water partition coefficient (Wildman–Crippen LogP) is 24.3. The molecule has 5 aliphatic rings. The number of benzene rings is 8. The SMILES string of the molecule is CCC[CH2][Zr]([CH2]CCC)([SiH2]C)([CH]1C(C)=Cc2c(-c3ccccc3)cccc21)([CH]1C(C)=Cc2c(-c3ccccc3)cccc21)[SiH]1CC[SiH]([Zr]([CH2]CCC)([CH2]CCC)([SiH2]C)([CH]2C(C)=Cc3c(-c4ccccc4)cccc32)[CH]2C(C)=Cc3c(-c4ccccc4)cccc32)CC1. The van der Waals surface area contributed by atoms with E-state index in [9.17, 15) is 0 Å². The molecule has 4 aliphatic carbocycles. The van der Waals surface area contributed by atoms with Crippen molar-refractivity contribution in [2.45, 2.75) is 175 Å². The molecule has 0 saturated carbocycles. The molecule has 0 N–H and O–H groups in total. The fourth-order valence-corrected chi connectivity index (χ4v) is 264. The number of hydrogen-bond acceptors (Lipinski definition) is 0. The fourth-order valence-electron chi connectivity index (χ4n) is 26.2. The van der Waals surface area contributed by atoms with Gasteiger partial charge in [0.25, 0.3) is 0 Å². The summed E-state index contributed by atoms with van der Waals surface area (Å²) in [7, 11) is 0. The minimum atomic E-state index is -5.23. The standard InChI is InChI=1S/4C16H13.C4H10Si2.4C4H9.2CH5Si.2Zr/c4*1-12-10-14-8-5-9-15(16(14)11-12)13-6-3-2-4-7-13;1-2-6-4-3-5-1;4*1-3-4-2;2*1-2;;/h4*2-11H,1H3;5-6H,1-4H2;4*1,3-4H2,2H3;2*2H2,1H3;;. The minimum absolute atomic E-state index is 0.571. The molecular formula is C86H108Si4Zr2. The van der Waals surface area contributed by atoms with Crippen molar-refractivity contribution in [3.05, 3.63) is 261 Å². The average molecular weight is 1440 g/mol. The Kier molecular flexibility index (Phi) is 18.2. The molecular weight excluding hydrogens is 1330 g/mol. The van der Waals surface area contributed by atoms with Crippen molar-refractivity contribution in [3.63, 3.8) is 0 Å². The summed E-state index contributed by atoms with van der Waals surface area (Å²) in [5.74, 6) is -3.45. The van der Waals surface area contributed by atoms with E-state index in [-0.39, 0.29) is 0 Å². The molecule has 1 saturated heterocycles. The van der Waals surface area contributed by atoms with E-state index < -0.39 is 56.4 Å². The van der Waals surface area contributed by atoms with Crippen molar-refractivity contribution >= 4 is 49.4 Å². The number of unbranched alkanes of at least 4 members (excludes halogenated alkanes) is 4. The second-order valence-corrected chi connectivity index (χ2v) is 160. The molecule has 8 aromatic carbocycles. The van der Waals surface area contributed by atoms with Gasteiger partial charge in [0.15, 0.2) is 0 Å². The Bertz CT molecular complexity index is 3690. The topological polar surface area (TPSA) is 0 Å². The summed E-state index contributed by atoms with van der Waals surface area (Å²) >= 11 is -10.5. The van der Waals surface area contributed by atoms with E-state index in [1.165, 1.54) is 95.9 Å². The number of fused-ring (bicyclic) bond motifs is 4. The molecule has 1 fully saturated rings. The summed E-state index contributed by atoms with van der Waals surface area (Å²) in [4.78, 5) is 0. The predicted molar refractivity (Wildman–Crippen MR) is 414 cm³/mol. The van der Waals surface area contributed by atoms with Gasteiger partial charge in [0.2, 0.25) is 0 Å². The van der Waals surface area contributed by atoms with Crippen LogP contribution >= 0.6 is 0 Å².